The molecule has 0 aliphatic carbocycles. The van der Waals surface area contributed by atoms with Crippen molar-refractivity contribution in [2.45, 2.75) is 13.3 Å². The Kier molecular flexibility index (Phi) is 8.21. The number of anilines is 1. The number of carboxylic acid groups (broad SMARTS) is 1. The van der Waals surface area contributed by atoms with Crippen LogP contribution < -0.4 is 10.1 Å². The van der Waals surface area contributed by atoms with E-state index in [2.05, 4.69) is 11.9 Å². The molecular formula is C22H19Cl2NO5. The summed E-state index contributed by atoms with van der Waals surface area (Å²) in [6.45, 7) is 5.18. The van der Waals surface area contributed by atoms with Crippen LogP contribution in [0.5, 0.6) is 5.75 Å². The second kappa shape index (κ2) is 10.6. The molecule has 6 nitrogen and oxygen atoms in total. The van der Waals surface area contributed by atoms with E-state index in [1.165, 1.54) is 18.2 Å². The first-order chi connectivity index (χ1) is 14.2. The highest BCUT2D eigenvalue weighted by Crippen LogP contribution is 2.35. The first-order valence-electron chi connectivity index (χ1n) is 8.87. The minimum Gasteiger partial charge on any atom is -0.482 e. The number of rotatable bonds is 9. The lowest BCUT2D eigenvalue weighted by Gasteiger charge is -2.12. The van der Waals surface area contributed by atoms with Crippen LogP contribution >= 0.6 is 23.2 Å². The topological polar surface area (TPSA) is 92.7 Å². The van der Waals surface area contributed by atoms with Gasteiger partial charge in [-0.15, -0.1) is 0 Å². The van der Waals surface area contributed by atoms with E-state index in [9.17, 15) is 14.4 Å². The van der Waals surface area contributed by atoms with E-state index in [-0.39, 0.29) is 33.7 Å². The maximum Gasteiger partial charge on any atom is 0.328 e. The molecule has 0 bridgehead atoms. The second-order valence-corrected chi connectivity index (χ2v) is 6.91. The Morgan fingerprint density at radius 3 is 2.37 bits per heavy atom. The lowest BCUT2D eigenvalue weighted by molar-refractivity contribution is -0.131. The fourth-order valence-electron chi connectivity index (χ4n) is 2.36. The minimum absolute atomic E-state index is 0.0359. The maximum absolute atomic E-state index is 12.2. The van der Waals surface area contributed by atoms with Crippen molar-refractivity contribution in [3.8, 4) is 5.75 Å². The largest absolute Gasteiger partial charge is 0.482 e. The molecule has 0 unspecified atom stereocenters. The van der Waals surface area contributed by atoms with E-state index in [1.807, 2.05) is 6.92 Å². The number of carboxylic acids is 1. The molecule has 156 valence electrons. The van der Waals surface area contributed by atoms with Gasteiger partial charge in [0.05, 0.1) is 5.02 Å². The van der Waals surface area contributed by atoms with Crippen LogP contribution in [0, 0.1) is 0 Å². The fraction of sp³-hybridized carbons (Fsp3) is 0.136. The normalized spacial score (nSPS) is 10.6. The highest BCUT2D eigenvalue weighted by molar-refractivity contribution is 6.45. The lowest BCUT2D eigenvalue weighted by Crippen LogP contribution is -2.20. The fourth-order valence-corrected chi connectivity index (χ4v) is 2.82. The molecule has 0 aliphatic rings. The Morgan fingerprint density at radius 2 is 1.77 bits per heavy atom. The highest BCUT2D eigenvalue weighted by Gasteiger charge is 2.18. The maximum atomic E-state index is 12.2. The van der Waals surface area contributed by atoms with Crippen molar-refractivity contribution in [2.24, 2.45) is 0 Å². The van der Waals surface area contributed by atoms with E-state index in [0.29, 0.717) is 23.2 Å². The standard InChI is InChI=1S/C22H19Cl2NO5/c1-3-13(2)22(29)16-9-10-17(21(24)20(16)23)30-12-18(26)25-15-7-4-14(5-8-15)6-11-19(27)28/h4-11H,2-3,12H2,1H3,(H,25,26)(H,27,28)/b11-6+. The summed E-state index contributed by atoms with van der Waals surface area (Å²) in [7, 11) is 0. The van der Waals surface area contributed by atoms with Crippen LogP contribution in [0.4, 0.5) is 5.69 Å². The summed E-state index contributed by atoms with van der Waals surface area (Å²) < 4.78 is 5.42. The van der Waals surface area contributed by atoms with Crippen LogP contribution in [0.15, 0.2) is 54.6 Å². The molecule has 0 saturated heterocycles. The van der Waals surface area contributed by atoms with Crippen molar-refractivity contribution >= 4 is 52.6 Å². The third kappa shape index (κ3) is 6.20. The molecular weight excluding hydrogens is 429 g/mol. The second-order valence-electron chi connectivity index (χ2n) is 6.16. The van der Waals surface area contributed by atoms with E-state index in [4.69, 9.17) is 33.0 Å². The molecule has 1 amide bonds. The first-order valence-corrected chi connectivity index (χ1v) is 9.62. The number of hydrogen-bond acceptors (Lipinski definition) is 4. The Morgan fingerprint density at radius 1 is 1.10 bits per heavy atom. The number of nitrogens with one attached hydrogen (secondary N) is 1. The van der Waals surface area contributed by atoms with Gasteiger partial charge in [0.1, 0.15) is 10.8 Å². The Labute approximate surface area is 183 Å². The predicted molar refractivity (Wildman–Crippen MR) is 117 cm³/mol. The molecule has 0 fully saturated rings. The highest BCUT2D eigenvalue weighted by atomic mass is 35.5. The van der Waals surface area contributed by atoms with E-state index >= 15 is 0 Å². The van der Waals surface area contributed by atoms with Gasteiger partial charge in [0, 0.05) is 17.3 Å². The molecule has 2 aromatic carbocycles. The summed E-state index contributed by atoms with van der Waals surface area (Å²) >= 11 is 12.4. The molecule has 8 heteroatoms. The number of ether oxygens (including phenoxy) is 1. The zero-order valence-corrected chi connectivity index (χ0v) is 17.6. The molecule has 0 heterocycles. The first kappa shape index (κ1) is 23.2. The summed E-state index contributed by atoms with van der Waals surface area (Å²) in [5, 5.41) is 11.3. The average Bonchev–Trinajstić information content (AvgIpc) is 2.73. The molecule has 2 N–H and O–H groups in total. The number of benzene rings is 2. The SMILES string of the molecule is C=C(CC)C(=O)c1ccc(OCC(=O)Nc2ccc(/C=C/C(=O)O)cc2)c(Cl)c1Cl. The van der Waals surface area contributed by atoms with Crippen LogP contribution in [0.1, 0.15) is 29.3 Å². The van der Waals surface area contributed by atoms with Gasteiger partial charge in [-0.1, -0.05) is 48.8 Å². The Balaban J connectivity index is 1.99. The molecule has 0 spiro atoms. The van der Waals surface area contributed by atoms with Crippen molar-refractivity contribution in [1.29, 1.82) is 0 Å². The Bertz CT molecular complexity index is 1010. The van der Waals surface area contributed by atoms with Gasteiger partial charge in [0.25, 0.3) is 5.91 Å². The molecule has 0 radical (unpaired) electrons. The Hall–Kier alpha value is -3.09. The van der Waals surface area contributed by atoms with Crippen molar-refractivity contribution < 1.29 is 24.2 Å². The summed E-state index contributed by atoms with van der Waals surface area (Å²) in [6.07, 6.45) is 2.95. The molecule has 0 aliphatic heterocycles. The summed E-state index contributed by atoms with van der Waals surface area (Å²) in [5.41, 5.74) is 1.82. The van der Waals surface area contributed by atoms with E-state index < -0.39 is 11.9 Å². The summed E-state index contributed by atoms with van der Waals surface area (Å²) in [6, 6.07) is 9.53. The number of ketones is 1. The molecule has 0 atom stereocenters. The quantitative estimate of drug-likeness (QED) is 0.404. The van der Waals surface area contributed by atoms with Crippen molar-refractivity contribution in [3.63, 3.8) is 0 Å². The predicted octanol–water partition coefficient (Wildman–Crippen LogP) is 5.26. The number of carbonyl (C=O) groups excluding carboxylic acids is 2. The third-order valence-corrected chi connectivity index (χ3v) is 4.88. The van der Waals surface area contributed by atoms with Gasteiger partial charge >= 0.3 is 5.97 Å². The van der Waals surface area contributed by atoms with Crippen LogP contribution in [0.25, 0.3) is 6.08 Å². The van der Waals surface area contributed by atoms with Crippen molar-refractivity contribution in [3.05, 3.63) is 75.8 Å². The smallest absolute Gasteiger partial charge is 0.328 e. The van der Waals surface area contributed by atoms with Crippen LogP contribution in [0.2, 0.25) is 10.0 Å². The van der Waals surface area contributed by atoms with Gasteiger partial charge in [-0.3, -0.25) is 9.59 Å². The molecule has 0 saturated carbocycles. The van der Waals surface area contributed by atoms with Crippen molar-refractivity contribution in [1.82, 2.24) is 0 Å². The number of Topliss-reactive ketones (excluding diaryl/α,β-unsaturated/α-hetero) is 1. The lowest BCUT2D eigenvalue weighted by atomic mass is 10.0. The average molecular weight is 448 g/mol. The minimum atomic E-state index is -1.05. The molecule has 2 rings (SSSR count). The zero-order valence-electron chi connectivity index (χ0n) is 16.1. The monoisotopic (exact) mass is 447 g/mol. The van der Waals surface area contributed by atoms with Gasteiger partial charge in [-0.2, -0.15) is 0 Å². The number of amides is 1. The summed E-state index contributed by atoms with van der Waals surface area (Å²) in [5.74, 6) is -1.61. The molecule has 2 aromatic rings. The number of hydrogen-bond donors (Lipinski definition) is 2. The number of halogens is 2. The third-order valence-electron chi connectivity index (χ3n) is 4.01. The van der Waals surface area contributed by atoms with Crippen LogP contribution in [0.3, 0.4) is 0 Å². The summed E-state index contributed by atoms with van der Waals surface area (Å²) in [4.78, 5) is 34.9. The van der Waals surface area contributed by atoms with Gasteiger partial charge < -0.3 is 15.2 Å². The van der Waals surface area contributed by atoms with Crippen LogP contribution in [-0.2, 0) is 9.59 Å². The number of aliphatic carboxylic acids is 1. The van der Waals surface area contributed by atoms with E-state index in [1.54, 1.807) is 24.3 Å². The van der Waals surface area contributed by atoms with Gasteiger partial charge in [0.15, 0.2) is 12.4 Å². The van der Waals surface area contributed by atoms with Crippen molar-refractivity contribution in [2.75, 3.05) is 11.9 Å². The molecule has 30 heavy (non-hydrogen) atoms. The van der Waals surface area contributed by atoms with Gasteiger partial charge in [0.2, 0.25) is 0 Å². The van der Waals surface area contributed by atoms with Crippen LogP contribution in [-0.4, -0.2) is 29.4 Å². The number of allylic oxidation sites excluding steroid dienone is 1. The van der Waals surface area contributed by atoms with Gasteiger partial charge in [-0.25, -0.2) is 4.79 Å². The molecule has 0 aromatic heterocycles. The number of carbonyl (C=O) groups is 3. The van der Waals surface area contributed by atoms with Gasteiger partial charge in [-0.05, 0) is 47.9 Å². The van der Waals surface area contributed by atoms with E-state index in [0.717, 1.165) is 6.08 Å². The zero-order chi connectivity index (χ0) is 22.3.